The molecule has 3 aliphatic rings. The maximum Gasteiger partial charge on any atom is 0.416 e. The van der Waals surface area contributed by atoms with Crippen LogP contribution in [-0.2, 0) is 15.7 Å². The Bertz CT molecular complexity index is 637. The molecule has 110 valence electrons. The number of halogens is 3. The number of carbonyl (C=O) groups is 1. The van der Waals surface area contributed by atoms with Crippen LogP contribution in [0.25, 0.3) is 0 Å². The van der Waals surface area contributed by atoms with Gasteiger partial charge in [-0.2, -0.15) is 13.2 Å². The lowest BCUT2D eigenvalue weighted by atomic mass is 9.86. The molecular weight excluding hydrogens is 283 g/mol. The Balaban J connectivity index is 1.63. The Hall–Kier alpha value is -1.82. The van der Waals surface area contributed by atoms with Gasteiger partial charge in [-0.15, -0.1) is 0 Å². The summed E-state index contributed by atoms with van der Waals surface area (Å²) in [6, 6.07) is 4.69. The van der Waals surface area contributed by atoms with Gasteiger partial charge in [-0.25, -0.2) is 0 Å². The van der Waals surface area contributed by atoms with Crippen LogP contribution >= 0.6 is 0 Å². The smallest absolute Gasteiger partial charge is 0.361 e. The van der Waals surface area contributed by atoms with E-state index < -0.39 is 17.3 Å². The van der Waals surface area contributed by atoms with E-state index in [2.05, 4.69) is 0 Å². The first-order valence-corrected chi connectivity index (χ1v) is 6.75. The first-order valence-electron chi connectivity index (χ1n) is 6.75. The van der Waals surface area contributed by atoms with Crippen LogP contribution in [0.3, 0.4) is 0 Å². The van der Waals surface area contributed by atoms with Crippen LogP contribution in [-0.4, -0.2) is 24.2 Å². The molecule has 4 rings (SSSR count). The van der Waals surface area contributed by atoms with E-state index in [-0.39, 0.29) is 17.9 Å². The van der Waals surface area contributed by atoms with Gasteiger partial charge in [0.15, 0.2) is 0 Å². The van der Waals surface area contributed by atoms with Crippen molar-refractivity contribution in [2.24, 2.45) is 5.92 Å². The highest BCUT2D eigenvalue weighted by molar-refractivity contribution is 5.99. The Morgan fingerprint density at radius 3 is 2.52 bits per heavy atom. The average molecular weight is 295 g/mol. The van der Waals surface area contributed by atoms with Crippen LogP contribution in [0.1, 0.15) is 12.0 Å². The summed E-state index contributed by atoms with van der Waals surface area (Å²) >= 11 is 0. The van der Waals surface area contributed by atoms with Crippen molar-refractivity contribution in [2.45, 2.75) is 24.3 Å². The van der Waals surface area contributed by atoms with E-state index in [0.29, 0.717) is 18.7 Å². The summed E-state index contributed by atoms with van der Waals surface area (Å²) in [6.45, 7) is 0.370. The van der Waals surface area contributed by atoms with Gasteiger partial charge in [-0.1, -0.05) is 12.2 Å². The standard InChI is InChI=1S/C15H12F3NO2/c16-15(17,18)9-1-3-10(4-2-9)19-8-14-6-5-11(21-14)7-12(14)13(19)20/h1-6,11-12H,7-8H2. The number of benzene rings is 1. The summed E-state index contributed by atoms with van der Waals surface area (Å²) in [4.78, 5) is 14.0. The van der Waals surface area contributed by atoms with Gasteiger partial charge < -0.3 is 9.64 Å². The van der Waals surface area contributed by atoms with Gasteiger partial charge in [-0.05, 0) is 30.7 Å². The number of ether oxygens (including phenoxy) is 1. The third-order valence-corrected chi connectivity index (χ3v) is 4.50. The van der Waals surface area contributed by atoms with E-state index in [1.54, 1.807) is 0 Å². The van der Waals surface area contributed by atoms with Gasteiger partial charge >= 0.3 is 6.18 Å². The van der Waals surface area contributed by atoms with Gasteiger partial charge in [0.2, 0.25) is 5.91 Å². The van der Waals surface area contributed by atoms with E-state index in [1.165, 1.54) is 17.0 Å². The fourth-order valence-electron chi connectivity index (χ4n) is 3.46. The second kappa shape index (κ2) is 3.88. The summed E-state index contributed by atoms with van der Waals surface area (Å²) in [5.41, 5.74) is -0.810. The van der Waals surface area contributed by atoms with Crippen molar-refractivity contribution in [2.75, 3.05) is 11.4 Å². The fraction of sp³-hybridized carbons (Fsp3) is 0.400. The third-order valence-electron chi connectivity index (χ3n) is 4.50. The number of alkyl halides is 3. The molecule has 21 heavy (non-hydrogen) atoms. The number of hydrogen-bond acceptors (Lipinski definition) is 2. The zero-order valence-electron chi connectivity index (χ0n) is 10.9. The molecule has 1 aromatic rings. The summed E-state index contributed by atoms with van der Waals surface area (Å²) in [5, 5.41) is 0. The molecule has 0 aromatic heterocycles. The number of fused-ring (bicyclic) bond motifs is 1. The van der Waals surface area contributed by atoms with E-state index in [4.69, 9.17) is 4.74 Å². The normalized spacial score (nSPS) is 33.9. The molecule has 0 N–H and O–H groups in total. The number of amides is 1. The summed E-state index contributed by atoms with van der Waals surface area (Å²) < 4.78 is 43.5. The van der Waals surface area contributed by atoms with Crippen LogP contribution in [0.4, 0.5) is 18.9 Å². The number of carbonyl (C=O) groups excluding carboxylic acids is 1. The second-order valence-electron chi connectivity index (χ2n) is 5.73. The molecule has 3 unspecified atom stereocenters. The molecule has 3 heterocycles. The fourth-order valence-corrected chi connectivity index (χ4v) is 3.46. The van der Waals surface area contributed by atoms with Gasteiger partial charge in [0.25, 0.3) is 0 Å². The van der Waals surface area contributed by atoms with Crippen LogP contribution in [0, 0.1) is 5.92 Å². The molecule has 6 heteroatoms. The zero-order valence-corrected chi connectivity index (χ0v) is 10.9. The molecule has 1 amide bonds. The minimum absolute atomic E-state index is 0.00806. The van der Waals surface area contributed by atoms with Gasteiger partial charge in [0.05, 0.1) is 24.1 Å². The Morgan fingerprint density at radius 2 is 1.95 bits per heavy atom. The SMILES string of the molecule is O=C1C2CC3C=CC2(CN1c1ccc(C(F)(F)F)cc1)O3. The molecule has 2 bridgehead atoms. The number of rotatable bonds is 1. The minimum atomic E-state index is -4.37. The summed E-state index contributed by atoms with van der Waals surface area (Å²) in [7, 11) is 0. The summed E-state index contributed by atoms with van der Waals surface area (Å²) in [5.74, 6) is -0.281. The van der Waals surface area contributed by atoms with Crippen molar-refractivity contribution in [3.63, 3.8) is 0 Å². The number of anilines is 1. The molecule has 2 fully saturated rings. The lowest BCUT2D eigenvalue weighted by molar-refractivity contribution is -0.137. The highest BCUT2D eigenvalue weighted by Crippen LogP contribution is 2.49. The van der Waals surface area contributed by atoms with Crippen LogP contribution in [0.5, 0.6) is 0 Å². The molecule has 1 spiro atoms. The molecule has 3 nitrogen and oxygen atoms in total. The second-order valence-corrected chi connectivity index (χ2v) is 5.73. The third kappa shape index (κ3) is 1.75. The minimum Gasteiger partial charge on any atom is -0.361 e. The maximum atomic E-state index is 12.6. The molecular formula is C15H12F3NO2. The zero-order chi connectivity index (χ0) is 14.8. The molecule has 0 radical (unpaired) electrons. The number of nitrogens with zero attached hydrogens (tertiary/aromatic N) is 1. The Kier molecular flexibility index (Phi) is 2.38. The van der Waals surface area contributed by atoms with E-state index in [9.17, 15) is 18.0 Å². The van der Waals surface area contributed by atoms with Crippen LogP contribution in [0.2, 0.25) is 0 Å². The van der Waals surface area contributed by atoms with Crippen molar-refractivity contribution < 1.29 is 22.7 Å². The lowest BCUT2D eigenvalue weighted by Gasteiger charge is -2.21. The molecule has 3 aliphatic heterocycles. The predicted molar refractivity (Wildman–Crippen MR) is 68.6 cm³/mol. The molecule has 0 saturated carbocycles. The van der Waals surface area contributed by atoms with Crippen LogP contribution in [0.15, 0.2) is 36.4 Å². The van der Waals surface area contributed by atoms with Crippen molar-refractivity contribution in [3.8, 4) is 0 Å². The largest absolute Gasteiger partial charge is 0.416 e. The molecule has 2 saturated heterocycles. The first-order chi connectivity index (χ1) is 9.89. The van der Waals surface area contributed by atoms with E-state index in [0.717, 1.165) is 12.1 Å². The Labute approximate surface area is 119 Å². The number of hydrogen-bond donors (Lipinski definition) is 0. The molecule has 0 aliphatic carbocycles. The molecule has 1 aromatic carbocycles. The topological polar surface area (TPSA) is 29.5 Å². The van der Waals surface area contributed by atoms with Gasteiger partial charge in [-0.3, -0.25) is 4.79 Å². The van der Waals surface area contributed by atoms with Crippen molar-refractivity contribution in [3.05, 3.63) is 42.0 Å². The summed E-state index contributed by atoms with van der Waals surface area (Å²) in [6.07, 6.45) is 0.182. The van der Waals surface area contributed by atoms with E-state index in [1.807, 2.05) is 12.2 Å². The monoisotopic (exact) mass is 295 g/mol. The van der Waals surface area contributed by atoms with Crippen molar-refractivity contribution >= 4 is 11.6 Å². The highest BCUT2D eigenvalue weighted by Gasteiger charge is 2.60. The average Bonchev–Trinajstić information content (AvgIpc) is 3.08. The van der Waals surface area contributed by atoms with Crippen molar-refractivity contribution in [1.29, 1.82) is 0 Å². The maximum absolute atomic E-state index is 12.6. The highest BCUT2D eigenvalue weighted by atomic mass is 19.4. The quantitative estimate of drug-likeness (QED) is 0.746. The van der Waals surface area contributed by atoms with Crippen molar-refractivity contribution in [1.82, 2.24) is 0 Å². The molecule has 3 atom stereocenters. The van der Waals surface area contributed by atoms with E-state index >= 15 is 0 Å². The lowest BCUT2D eigenvalue weighted by Crippen LogP contribution is -2.33. The van der Waals surface area contributed by atoms with Gasteiger partial charge in [0.1, 0.15) is 5.60 Å². The predicted octanol–water partition coefficient (Wildman–Crippen LogP) is 2.77. The first kappa shape index (κ1) is 12.9. The van der Waals surface area contributed by atoms with Crippen LogP contribution < -0.4 is 4.90 Å². The Morgan fingerprint density at radius 1 is 1.24 bits per heavy atom. The van der Waals surface area contributed by atoms with Gasteiger partial charge in [0, 0.05) is 5.69 Å².